The summed E-state index contributed by atoms with van der Waals surface area (Å²) in [5.41, 5.74) is 2.30. The van der Waals surface area contributed by atoms with Crippen molar-refractivity contribution in [1.29, 1.82) is 0 Å². The van der Waals surface area contributed by atoms with E-state index in [1.807, 2.05) is 55.6 Å². The Kier molecular flexibility index (Phi) is 7.77. The van der Waals surface area contributed by atoms with Crippen LogP contribution in [0, 0.1) is 10.5 Å². The minimum Gasteiger partial charge on any atom is -0.340 e. The van der Waals surface area contributed by atoms with Gasteiger partial charge in [-0.05, 0) is 84.3 Å². The summed E-state index contributed by atoms with van der Waals surface area (Å²) < 4.78 is 1.10. The summed E-state index contributed by atoms with van der Waals surface area (Å²) in [5, 5.41) is 5.74. The summed E-state index contributed by atoms with van der Waals surface area (Å²) in [7, 11) is 0. The van der Waals surface area contributed by atoms with E-state index in [4.69, 9.17) is 0 Å². The molecule has 2 rings (SSSR count). The molecular formula is C19H21IN2O2S. The molecule has 2 aromatic rings. The standard InChI is InChI=1S/C19H21IN2O2S/c1-13-4-3-5-14(12-13)18(23)22-17(10-11-25-2)19(24)21-16-8-6-15(20)7-9-16/h3-9,12,17H,10-11H2,1-2H3,(H,21,24)(H,22,23). The quantitative estimate of drug-likeness (QED) is 0.602. The van der Waals surface area contributed by atoms with Crippen molar-refractivity contribution < 1.29 is 9.59 Å². The smallest absolute Gasteiger partial charge is 0.251 e. The summed E-state index contributed by atoms with van der Waals surface area (Å²) in [6.45, 7) is 1.94. The maximum Gasteiger partial charge on any atom is 0.251 e. The molecule has 0 spiro atoms. The van der Waals surface area contributed by atoms with Gasteiger partial charge in [0.15, 0.2) is 0 Å². The second-order valence-electron chi connectivity index (χ2n) is 5.67. The average Bonchev–Trinajstić information content (AvgIpc) is 2.60. The minimum absolute atomic E-state index is 0.198. The Balaban J connectivity index is 2.07. The molecule has 0 bridgehead atoms. The molecule has 2 N–H and O–H groups in total. The van der Waals surface area contributed by atoms with Gasteiger partial charge in [-0.25, -0.2) is 0 Å². The number of aryl methyl sites for hydroxylation is 1. The lowest BCUT2D eigenvalue weighted by molar-refractivity contribution is -0.118. The van der Waals surface area contributed by atoms with Gasteiger partial charge in [0.2, 0.25) is 5.91 Å². The van der Waals surface area contributed by atoms with Crippen molar-refractivity contribution in [3.8, 4) is 0 Å². The summed E-state index contributed by atoms with van der Waals surface area (Å²) in [5.74, 6) is 0.364. The molecule has 0 aliphatic carbocycles. The molecule has 1 atom stereocenters. The van der Waals surface area contributed by atoms with Gasteiger partial charge in [0.1, 0.15) is 6.04 Å². The molecule has 1 unspecified atom stereocenters. The fourth-order valence-electron chi connectivity index (χ4n) is 2.29. The SMILES string of the molecule is CSCCC(NC(=O)c1cccc(C)c1)C(=O)Nc1ccc(I)cc1. The lowest BCUT2D eigenvalue weighted by Crippen LogP contribution is -2.44. The zero-order valence-corrected chi connectivity index (χ0v) is 17.2. The van der Waals surface area contributed by atoms with Gasteiger partial charge in [-0.3, -0.25) is 9.59 Å². The van der Waals surface area contributed by atoms with E-state index >= 15 is 0 Å². The first-order valence-corrected chi connectivity index (χ1v) is 10.4. The van der Waals surface area contributed by atoms with Crippen LogP contribution in [0.4, 0.5) is 5.69 Å². The maximum atomic E-state index is 12.6. The van der Waals surface area contributed by atoms with Crippen LogP contribution in [0.3, 0.4) is 0 Å². The number of benzene rings is 2. The molecule has 2 amide bonds. The normalized spacial score (nSPS) is 11.6. The van der Waals surface area contributed by atoms with Crippen LogP contribution < -0.4 is 10.6 Å². The van der Waals surface area contributed by atoms with Gasteiger partial charge in [0, 0.05) is 14.8 Å². The second-order valence-corrected chi connectivity index (χ2v) is 7.90. The van der Waals surface area contributed by atoms with Crippen LogP contribution >= 0.6 is 34.4 Å². The summed E-state index contributed by atoms with van der Waals surface area (Å²) in [6, 6.07) is 14.3. The molecular weight excluding hydrogens is 447 g/mol. The van der Waals surface area contributed by atoms with E-state index in [9.17, 15) is 9.59 Å². The Morgan fingerprint density at radius 3 is 2.52 bits per heavy atom. The molecule has 25 heavy (non-hydrogen) atoms. The molecule has 0 aromatic heterocycles. The van der Waals surface area contributed by atoms with Crippen molar-refractivity contribution >= 4 is 51.9 Å². The Hall–Kier alpha value is -1.54. The van der Waals surface area contributed by atoms with Crippen LogP contribution in [0.2, 0.25) is 0 Å². The van der Waals surface area contributed by atoms with Gasteiger partial charge in [-0.2, -0.15) is 11.8 Å². The highest BCUT2D eigenvalue weighted by atomic mass is 127. The lowest BCUT2D eigenvalue weighted by Gasteiger charge is -2.18. The predicted molar refractivity (Wildman–Crippen MR) is 113 cm³/mol. The fourth-order valence-corrected chi connectivity index (χ4v) is 3.13. The number of carbonyl (C=O) groups excluding carboxylic acids is 2. The number of thioether (sulfide) groups is 1. The Morgan fingerprint density at radius 1 is 1.16 bits per heavy atom. The second kappa shape index (κ2) is 9.82. The van der Waals surface area contributed by atoms with Gasteiger partial charge >= 0.3 is 0 Å². The number of anilines is 1. The van der Waals surface area contributed by atoms with Crippen molar-refractivity contribution in [2.75, 3.05) is 17.3 Å². The third-order valence-electron chi connectivity index (χ3n) is 3.62. The average molecular weight is 468 g/mol. The van der Waals surface area contributed by atoms with Crippen molar-refractivity contribution in [2.45, 2.75) is 19.4 Å². The van der Waals surface area contributed by atoms with Crippen LogP contribution in [0.15, 0.2) is 48.5 Å². The third kappa shape index (κ3) is 6.36. The number of hydrogen-bond acceptors (Lipinski definition) is 3. The van der Waals surface area contributed by atoms with Crippen LogP contribution in [0.5, 0.6) is 0 Å². The van der Waals surface area contributed by atoms with Gasteiger partial charge in [0.05, 0.1) is 0 Å². The topological polar surface area (TPSA) is 58.2 Å². The molecule has 0 saturated heterocycles. The summed E-state index contributed by atoms with van der Waals surface area (Å²) in [4.78, 5) is 25.1. The van der Waals surface area contributed by atoms with Gasteiger partial charge < -0.3 is 10.6 Å². The molecule has 0 fully saturated rings. The molecule has 0 heterocycles. The van der Waals surface area contributed by atoms with E-state index in [0.717, 1.165) is 20.6 Å². The van der Waals surface area contributed by atoms with Gasteiger partial charge in [-0.1, -0.05) is 17.7 Å². The highest BCUT2D eigenvalue weighted by Gasteiger charge is 2.21. The fraction of sp³-hybridized carbons (Fsp3) is 0.263. The zero-order chi connectivity index (χ0) is 18.2. The number of carbonyl (C=O) groups is 2. The first-order valence-electron chi connectivity index (χ1n) is 7.92. The Morgan fingerprint density at radius 2 is 1.88 bits per heavy atom. The molecule has 0 saturated carbocycles. The largest absolute Gasteiger partial charge is 0.340 e. The zero-order valence-electron chi connectivity index (χ0n) is 14.2. The third-order valence-corrected chi connectivity index (χ3v) is 4.99. The van der Waals surface area contributed by atoms with E-state index in [-0.39, 0.29) is 11.8 Å². The molecule has 0 aliphatic rings. The molecule has 132 valence electrons. The van der Waals surface area contributed by atoms with Crippen molar-refractivity contribution in [2.24, 2.45) is 0 Å². The van der Waals surface area contributed by atoms with Crippen LogP contribution in [0.1, 0.15) is 22.3 Å². The van der Waals surface area contributed by atoms with E-state index in [1.165, 1.54) is 0 Å². The number of amides is 2. The molecule has 6 heteroatoms. The van der Waals surface area contributed by atoms with Crippen LogP contribution in [-0.4, -0.2) is 29.9 Å². The molecule has 0 aliphatic heterocycles. The lowest BCUT2D eigenvalue weighted by atomic mass is 10.1. The van der Waals surface area contributed by atoms with Gasteiger partial charge in [-0.15, -0.1) is 0 Å². The summed E-state index contributed by atoms with van der Waals surface area (Å²) in [6.07, 6.45) is 2.56. The van der Waals surface area contributed by atoms with Crippen LogP contribution in [0.25, 0.3) is 0 Å². The van der Waals surface area contributed by atoms with E-state index < -0.39 is 6.04 Å². The Bertz CT molecular complexity index is 734. The first-order chi connectivity index (χ1) is 12.0. The van der Waals surface area contributed by atoms with E-state index in [2.05, 4.69) is 33.2 Å². The molecule has 4 nitrogen and oxygen atoms in total. The maximum absolute atomic E-state index is 12.6. The first kappa shape index (κ1) is 19.8. The predicted octanol–water partition coefficient (Wildman–Crippen LogP) is 4.09. The highest BCUT2D eigenvalue weighted by Crippen LogP contribution is 2.13. The van der Waals surface area contributed by atoms with E-state index in [1.54, 1.807) is 17.8 Å². The van der Waals surface area contributed by atoms with Gasteiger partial charge in [0.25, 0.3) is 5.91 Å². The van der Waals surface area contributed by atoms with Crippen molar-refractivity contribution in [3.05, 3.63) is 63.2 Å². The molecule has 2 aromatic carbocycles. The monoisotopic (exact) mass is 468 g/mol. The highest BCUT2D eigenvalue weighted by molar-refractivity contribution is 14.1. The summed E-state index contributed by atoms with van der Waals surface area (Å²) >= 11 is 3.86. The van der Waals surface area contributed by atoms with Crippen molar-refractivity contribution in [1.82, 2.24) is 5.32 Å². The number of rotatable bonds is 7. The molecule has 0 radical (unpaired) electrons. The number of nitrogens with one attached hydrogen (secondary N) is 2. The van der Waals surface area contributed by atoms with E-state index in [0.29, 0.717) is 12.0 Å². The van der Waals surface area contributed by atoms with Crippen molar-refractivity contribution in [3.63, 3.8) is 0 Å². The Labute approximate surface area is 166 Å². The number of hydrogen-bond donors (Lipinski definition) is 2. The number of halogens is 1. The minimum atomic E-state index is -0.570. The van der Waals surface area contributed by atoms with Crippen LogP contribution in [-0.2, 0) is 4.79 Å².